The van der Waals surface area contributed by atoms with E-state index in [1.807, 2.05) is 21.7 Å². The maximum absolute atomic E-state index is 12.0. The van der Waals surface area contributed by atoms with Crippen LogP contribution in [0.25, 0.3) is 0 Å². The zero-order valence-electron chi connectivity index (χ0n) is 10.8. The molecule has 2 heterocycles. The van der Waals surface area contributed by atoms with Crippen LogP contribution in [0.15, 0.2) is 18.3 Å². The third-order valence-corrected chi connectivity index (χ3v) is 3.69. The molecule has 0 spiro atoms. The molecular weight excluding hydrogens is 228 g/mol. The largest absolute Gasteiger partial charge is 0.345 e. The second kappa shape index (κ2) is 5.85. The van der Waals surface area contributed by atoms with Gasteiger partial charge < -0.3 is 9.47 Å². The molecule has 0 aliphatic carbocycles. The Hall–Kier alpha value is -1.58. The highest BCUT2D eigenvalue weighted by molar-refractivity contribution is 5.76. The van der Waals surface area contributed by atoms with Crippen molar-refractivity contribution in [3.63, 3.8) is 0 Å². The van der Waals surface area contributed by atoms with E-state index < -0.39 is 0 Å². The van der Waals surface area contributed by atoms with Gasteiger partial charge in [0.1, 0.15) is 0 Å². The van der Waals surface area contributed by atoms with Crippen LogP contribution in [0.3, 0.4) is 0 Å². The lowest BCUT2D eigenvalue weighted by Crippen LogP contribution is -2.38. The van der Waals surface area contributed by atoms with Crippen LogP contribution in [-0.2, 0) is 11.3 Å². The van der Waals surface area contributed by atoms with Gasteiger partial charge in [-0.25, -0.2) is 0 Å². The molecule has 1 aliphatic heterocycles. The molecular formula is C14H20N2O2. The summed E-state index contributed by atoms with van der Waals surface area (Å²) in [5.41, 5.74) is 0.634. The fraction of sp³-hybridized carbons (Fsp3) is 0.571. The number of carbonyl (C=O) groups excluding carboxylic acids is 2. The Morgan fingerprint density at radius 3 is 2.83 bits per heavy atom. The van der Waals surface area contributed by atoms with Gasteiger partial charge in [-0.2, -0.15) is 0 Å². The van der Waals surface area contributed by atoms with E-state index in [2.05, 4.69) is 6.92 Å². The number of aldehydes is 1. The number of aryl methyl sites for hydroxylation is 1. The molecule has 4 nitrogen and oxygen atoms in total. The van der Waals surface area contributed by atoms with Crippen LogP contribution < -0.4 is 0 Å². The van der Waals surface area contributed by atoms with Crippen molar-refractivity contribution in [3.05, 3.63) is 24.0 Å². The van der Waals surface area contributed by atoms with Crippen LogP contribution in [-0.4, -0.2) is 34.7 Å². The summed E-state index contributed by atoms with van der Waals surface area (Å²) in [6, 6.07) is 3.59. The zero-order valence-corrected chi connectivity index (χ0v) is 10.8. The smallest absolute Gasteiger partial charge is 0.224 e. The minimum atomic E-state index is 0.201. The van der Waals surface area contributed by atoms with Gasteiger partial charge in [0.05, 0.1) is 5.69 Å². The number of hydrogen-bond acceptors (Lipinski definition) is 2. The zero-order chi connectivity index (χ0) is 13.0. The molecule has 1 aromatic rings. The van der Waals surface area contributed by atoms with Crippen molar-refractivity contribution in [2.24, 2.45) is 5.92 Å². The fourth-order valence-electron chi connectivity index (χ4n) is 2.37. The van der Waals surface area contributed by atoms with Gasteiger partial charge in [-0.1, -0.05) is 6.92 Å². The lowest BCUT2D eigenvalue weighted by molar-refractivity contribution is -0.132. The summed E-state index contributed by atoms with van der Waals surface area (Å²) in [7, 11) is 0. The normalized spacial score (nSPS) is 16.8. The summed E-state index contributed by atoms with van der Waals surface area (Å²) in [6.45, 7) is 4.59. The van der Waals surface area contributed by atoms with Crippen molar-refractivity contribution in [1.82, 2.24) is 9.47 Å². The van der Waals surface area contributed by atoms with Crippen LogP contribution in [0.5, 0.6) is 0 Å². The monoisotopic (exact) mass is 248 g/mol. The van der Waals surface area contributed by atoms with E-state index in [4.69, 9.17) is 0 Å². The molecule has 1 aromatic heterocycles. The van der Waals surface area contributed by atoms with E-state index in [1.165, 1.54) is 0 Å². The Labute approximate surface area is 108 Å². The Bertz CT molecular complexity index is 417. The predicted molar refractivity (Wildman–Crippen MR) is 69.4 cm³/mol. The van der Waals surface area contributed by atoms with Crippen LogP contribution in [0.4, 0.5) is 0 Å². The lowest BCUT2D eigenvalue weighted by atomic mass is 9.99. The summed E-state index contributed by atoms with van der Waals surface area (Å²) in [5, 5.41) is 0. The average Bonchev–Trinajstić information content (AvgIpc) is 2.84. The molecule has 0 atom stereocenters. The molecule has 0 unspecified atom stereocenters. The maximum Gasteiger partial charge on any atom is 0.224 e. The summed E-state index contributed by atoms with van der Waals surface area (Å²) in [4.78, 5) is 24.7. The Kier molecular flexibility index (Phi) is 4.18. The van der Waals surface area contributed by atoms with Gasteiger partial charge in [0.25, 0.3) is 0 Å². The van der Waals surface area contributed by atoms with E-state index in [0.29, 0.717) is 18.7 Å². The molecule has 0 N–H and O–H groups in total. The Morgan fingerprint density at radius 1 is 1.44 bits per heavy atom. The van der Waals surface area contributed by atoms with Crippen molar-refractivity contribution in [1.29, 1.82) is 0 Å². The first kappa shape index (κ1) is 12.9. The van der Waals surface area contributed by atoms with Crippen molar-refractivity contribution >= 4 is 12.2 Å². The lowest BCUT2D eigenvalue weighted by Gasteiger charge is -2.30. The predicted octanol–water partition coefficient (Wildman–Crippen LogP) is 1.95. The molecule has 1 saturated heterocycles. The third-order valence-electron chi connectivity index (χ3n) is 3.69. The van der Waals surface area contributed by atoms with Crippen LogP contribution in [0.2, 0.25) is 0 Å². The summed E-state index contributed by atoms with van der Waals surface area (Å²) >= 11 is 0. The number of likely N-dealkylation sites (tertiary alicyclic amines) is 1. The fourth-order valence-corrected chi connectivity index (χ4v) is 2.37. The standard InChI is InChI=1S/C14H20N2O2/c1-12-4-8-16(9-5-12)14(18)6-10-15-7-2-3-13(15)11-17/h2-3,7,11-12H,4-6,8-10H2,1H3. The van der Waals surface area contributed by atoms with Crippen LogP contribution >= 0.6 is 0 Å². The number of aromatic nitrogens is 1. The van der Waals surface area contributed by atoms with Gasteiger partial charge in [-0.3, -0.25) is 9.59 Å². The highest BCUT2D eigenvalue weighted by atomic mass is 16.2. The molecule has 0 bridgehead atoms. The first-order valence-electron chi connectivity index (χ1n) is 6.59. The first-order valence-corrected chi connectivity index (χ1v) is 6.59. The van der Waals surface area contributed by atoms with Gasteiger partial charge >= 0.3 is 0 Å². The molecule has 98 valence electrons. The molecule has 0 radical (unpaired) electrons. The molecule has 4 heteroatoms. The van der Waals surface area contributed by atoms with E-state index in [9.17, 15) is 9.59 Å². The molecule has 1 aliphatic rings. The van der Waals surface area contributed by atoms with Gasteiger partial charge in [-0.05, 0) is 30.9 Å². The van der Waals surface area contributed by atoms with Crippen molar-refractivity contribution < 1.29 is 9.59 Å². The van der Waals surface area contributed by atoms with Gasteiger partial charge in [-0.15, -0.1) is 0 Å². The van der Waals surface area contributed by atoms with Crippen molar-refractivity contribution in [3.8, 4) is 0 Å². The van der Waals surface area contributed by atoms with E-state index in [1.54, 1.807) is 6.07 Å². The summed E-state index contributed by atoms with van der Waals surface area (Å²) in [5.74, 6) is 0.938. The minimum absolute atomic E-state index is 0.201. The minimum Gasteiger partial charge on any atom is -0.345 e. The van der Waals surface area contributed by atoms with Gasteiger partial charge in [0, 0.05) is 32.3 Å². The average molecular weight is 248 g/mol. The molecule has 18 heavy (non-hydrogen) atoms. The number of carbonyl (C=O) groups is 2. The van der Waals surface area contributed by atoms with E-state index in [0.717, 1.165) is 38.1 Å². The van der Waals surface area contributed by atoms with Crippen LogP contribution in [0.1, 0.15) is 36.7 Å². The van der Waals surface area contributed by atoms with Crippen molar-refractivity contribution in [2.75, 3.05) is 13.1 Å². The first-order chi connectivity index (χ1) is 8.70. The molecule has 0 aromatic carbocycles. The molecule has 1 fully saturated rings. The van der Waals surface area contributed by atoms with Crippen molar-refractivity contribution in [2.45, 2.75) is 32.7 Å². The second-order valence-electron chi connectivity index (χ2n) is 5.06. The number of amides is 1. The SMILES string of the molecule is CC1CCN(C(=O)CCn2cccc2C=O)CC1. The third kappa shape index (κ3) is 3.00. The highest BCUT2D eigenvalue weighted by Crippen LogP contribution is 2.16. The molecule has 2 rings (SSSR count). The molecule has 1 amide bonds. The number of rotatable bonds is 4. The highest BCUT2D eigenvalue weighted by Gasteiger charge is 2.19. The number of nitrogens with zero attached hydrogens (tertiary/aromatic N) is 2. The quantitative estimate of drug-likeness (QED) is 0.764. The summed E-state index contributed by atoms with van der Waals surface area (Å²) < 4.78 is 1.83. The Balaban J connectivity index is 1.83. The maximum atomic E-state index is 12.0. The topological polar surface area (TPSA) is 42.3 Å². The van der Waals surface area contributed by atoms with Gasteiger partial charge in [0.2, 0.25) is 5.91 Å². The molecule has 0 saturated carbocycles. The summed E-state index contributed by atoms with van der Waals surface area (Å²) in [6.07, 6.45) is 5.36. The second-order valence-corrected chi connectivity index (χ2v) is 5.06. The number of hydrogen-bond donors (Lipinski definition) is 0. The van der Waals surface area contributed by atoms with Crippen LogP contribution in [0, 0.1) is 5.92 Å². The van der Waals surface area contributed by atoms with E-state index >= 15 is 0 Å². The van der Waals surface area contributed by atoms with Gasteiger partial charge in [0.15, 0.2) is 6.29 Å². The van der Waals surface area contributed by atoms with E-state index in [-0.39, 0.29) is 5.91 Å². The Morgan fingerprint density at radius 2 is 2.17 bits per heavy atom. The number of piperidine rings is 1.